The summed E-state index contributed by atoms with van der Waals surface area (Å²) in [5.41, 5.74) is 0.459. The molecule has 0 radical (unpaired) electrons. The van der Waals surface area contributed by atoms with Gasteiger partial charge in [-0.2, -0.15) is 0 Å². The molecule has 0 aliphatic carbocycles. The van der Waals surface area contributed by atoms with Gasteiger partial charge in [-0.05, 0) is 92.0 Å². The molecular formula is C22H13Br2F2NO5S. The molecule has 1 heterocycles. The Kier molecular flexibility index (Phi) is 6.30. The molecule has 0 saturated carbocycles. The SMILES string of the molecule is O=C(O)C(F)c1cc(Br)c(Oc2ccc3[nH]cc(S(=O)(=O)c4ccc(F)cc4)c3c2)c(Br)c1. The van der Waals surface area contributed by atoms with Gasteiger partial charge < -0.3 is 14.8 Å². The minimum Gasteiger partial charge on any atom is -0.479 e. The van der Waals surface area contributed by atoms with Gasteiger partial charge in [-0.3, -0.25) is 0 Å². The van der Waals surface area contributed by atoms with Crippen LogP contribution in [0.3, 0.4) is 0 Å². The van der Waals surface area contributed by atoms with E-state index in [0.29, 0.717) is 19.8 Å². The molecule has 1 unspecified atom stereocenters. The molecule has 0 aliphatic heterocycles. The lowest BCUT2D eigenvalue weighted by Gasteiger charge is -2.13. The summed E-state index contributed by atoms with van der Waals surface area (Å²) in [6, 6.07) is 11.9. The van der Waals surface area contributed by atoms with E-state index in [1.54, 1.807) is 12.1 Å². The van der Waals surface area contributed by atoms with E-state index in [0.717, 1.165) is 12.1 Å². The normalized spacial score (nSPS) is 12.6. The number of sulfone groups is 1. The summed E-state index contributed by atoms with van der Waals surface area (Å²) in [6.07, 6.45) is -0.858. The van der Waals surface area contributed by atoms with E-state index in [9.17, 15) is 22.0 Å². The summed E-state index contributed by atoms with van der Waals surface area (Å²) < 4.78 is 59.7. The van der Waals surface area contributed by atoms with Crippen molar-refractivity contribution in [2.75, 3.05) is 0 Å². The molecule has 6 nitrogen and oxygen atoms in total. The molecule has 0 spiro atoms. The Labute approximate surface area is 203 Å². The van der Waals surface area contributed by atoms with E-state index in [1.807, 2.05) is 0 Å². The van der Waals surface area contributed by atoms with Crippen molar-refractivity contribution in [1.29, 1.82) is 0 Å². The highest BCUT2D eigenvalue weighted by Crippen LogP contribution is 2.41. The Hall–Kier alpha value is -2.76. The lowest BCUT2D eigenvalue weighted by molar-refractivity contribution is -0.143. The molecule has 1 atom stereocenters. The average Bonchev–Trinajstić information content (AvgIpc) is 3.20. The number of carbonyl (C=O) groups is 1. The second kappa shape index (κ2) is 8.88. The van der Waals surface area contributed by atoms with E-state index in [1.165, 1.54) is 36.5 Å². The van der Waals surface area contributed by atoms with Gasteiger partial charge in [-0.15, -0.1) is 0 Å². The van der Waals surface area contributed by atoms with Crippen LogP contribution in [0.25, 0.3) is 10.9 Å². The number of halogens is 4. The molecule has 33 heavy (non-hydrogen) atoms. The molecule has 0 fully saturated rings. The van der Waals surface area contributed by atoms with Gasteiger partial charge in [0.1, 0.15) is 11.6 Å². The molecule has 0 aliphatic rings. The van der Waals surface area contributed by atoms with Gasteiger partial charge in [-0.1, -0.05) is 0 Å². The van der Waals surface area contributed by atoms with Crippen molar-refractivity contribution >= 4 is 58.6 Å². The zero-order valence-electron chi connectivity index (χ0n) is 16.4. The van der Waals surface area contributed by atoms with Gasteiger partial charge in [0.15, 0.2) is 5.75 Å². The first-order valence-corrected chi connectivity index (χ1v) is 12.3. The number of aliphatic carboxylic acids is 1. The topological polar surface area (TPSA) is 96.5 Å². The molecule has 0 saturated heterocycles. The maximum atomic E-state index is 13.9. The fourth-order valence-corrected chi connectivity index (χ4v) is 5.99. The van der Waals surface area contributed by atoms with E-state index >= 15 is 0 Å². The highest BCUT2D eigenvalue weighted by atomic mass is 79.9. The van der Waals surface area contributed by atoms with Crippen molar-refractivity contribution in [3.05, 3.63) is 81.1 Å². The van der Waals surface area contributed by atoms with Crippen LogP contribution < -0.4 is 4.74 Å². The Balaban J connectivity index is 1.73. The van der Waals surface area contributed by atoms with E-state index in [4.69, 9.17) is 9.84 Å². The van der Waals surface area contributed by atoms with Crippen LogP contribution in [0.5, 0.6) is 11.5 Å². The minimum atomic E-state index is -3.94. The number of hydrogen-bond acceptors (Lipinski definition) is 4. The van der Waals surface area contributed by atoms with Crippen LogP contribution in [0.4, 0.5) is 8.78 Å². The molecule has 2 N–H and O–H groups in total. The quantitative estimate of drug-likeness (QED) is 0.245. The fraction of sp³-hybridized carbons (Fsp3) is 0.0455. The van der Waals surface area contributed by atoms with Crippen molar-refractivity contribution < 1.29 is 31.8 Å². The number of alkyl halides is 1. The number of fused-ring (bicyclic) bond motifs is 1. The number of carboxylic acids is 1. The smallest absolute Gasteiger partial charge is 0.343 e. The average molecular weight is 601 g/mol. The molecule has 11 heteroatoms. The number of hydrogen-bond donors (Lipinski definition) is 2. The summed E-state index contributed by atoms with van der Waals surface area (Å²) in [5.74, 6) is -1.64. The first kappa shape index (κ1) is 23.4. The van der Waals surface area contributed by atoms with Crippen LogP contribution in [0.1, 0.15) is 11.7 Å². The predicted molar refractivity (Wildman–Crippen MR) is 124 cm³/mol. The van der Waals surface area contributed by atoms with E-state index in [2.05, 4.69) is 36.8 Å². The largest absolute Gasteiger partial charge is 0.479 e. The maximum absolute atomic E-state index is 13.9. The Morgan fingerprint density at radius 3 is 2.27 bits per heavy atom. The van der Waals surface area contributed by atoms with Crippen molar-refractivity contribution in [1.82, 2.24) is 4.98 Å². The summed E-state index contributed by atoms with van der Waals surface area (Å²) in [4.78, 5) is 13.7. The van der Waals surface area contributed by atoms with Crippen LogP contribution in [0.15, 0.2) is 79.5 Å². The van der Waals surface area contributed by atoms with Crippen LogP contribution in [0, 0.1) is 5.82 Å². The standard InChI is InChI=1S/C22H13Br2F2NO5S/c23-16-7-11(20(26)22(28)29)8-17(24)21(16)32-13-3-6-18-15(9-13)19(10-27-18)33(30,31)14-4-1-12(25)2-5-14/h1-10,20,27H,(H,28,29). The Morgan fingerprint density at radius 1 is 1.03 bits per heavy atom. The monoisotopic (exact) mass is 599 g/mol. The molecule has 3 aromatic carbocycles. The molecular weight excluding hydrogens is 588 g/mol. The fourth-order valence-electron chi connectivity index (χ4n) is 3.18. The van der Waals surface area contributed by atoms with Crippen LogP contribution in [0.2, 0.25) is 0 Å². The van der Waals surface area contributed by atoms with Crippen molar-refractivity contribution in [2.24, 2.45) is 0 Å². The predicted octanol–water partition coefficient (Wildman–Crippen LogP) is 6.55. The molecule has 1 aromatic heterocycles. The molecule has 4 rings (SSSR count). The number of carboxylic acid groups (broad SMARTS) is 1. The van der Waals surface area contributed by atoms with Crippen molar-refractivity contribution in [3.8, 4) is 11.5 Å². The lowest BCUT2D eigenvalue weighted by Crippen LogP contribution is -2.06. The van der Waals surface area contributed by atoms with Gasteiger partial charge in [0.25, 0.3) is 0 Å². The number of benzene rings is 3. The highest BCUT2D eigenvalue weighted by Gasteiger charge is 2.24. The zero-order chi connectivity index (χ0) is 23.9. The third-order valence-corrected chi connectivity index (χ3v) is 7.77. The first-order valence-electron chi connectivity index (χ1n) is 9.23. The Bertz CT molecular complexity index is 1460. The maximum Gasteiger partial charge on any atom is 0.343 e. The number of aromatic amines is 1. The van der Waals surface area contributed by atoms with Crippen molar-refractivity contribution in [2.45, 2.75) is 16.0 Å². The Morgan fingerprint density at radius 2 is 1.67 bits per heavy atom. The first-order chi connectivity index (χ1) is 15.6. The van der Waals surface area contributed by atoms with Crippen molar-refractivity contribution in [3.63, 3.8) is 0 Å². The van der Waals surface area contributed by atoms with Crippen LogP contribution in [-0.4, -0.2) is 24.5 Å². The molecule has 0 bridgehead atoms. The summed E-state index contributed by atoms with van der Waals surface area (Å²) in [7, 11) is -3.94. The van der Waals surface area contributed by atoms with Gasteiger partial charge in [0.05, 0.1) is 18.7 Å². The minimum absolute atomic E-state index is 0.00948. The second-order valence-corrected chi connectivity index (χ2v) is 10.6. The third-order valence-electron chi connectivity index (χ3n) is 4.78. The number of ether oxygens (including phenoxy) is 1. The highest BCUT2D eigenvalue weighted by molar-refractivity contribution is 9.11. The lowest BCUT2D eigenvalue weighted by atomic mass is 10.1. The number of rotatable bonds is 6. The molecule has 4 aromatic rings. The number of nitrogens with one attached hydrogen (secondary N) is 1. The van der Waals surface area contributed by atoms with Crippen LogP contribution >= 0.6 is 31.9 Å². The molecule has 0 amide bonds. The van der Waals surface area contributed by atoms with Gasteiger partial charge in [0, 0.05) is 17.1 Å². The second-order valence-electron chi connectivity index (χ2n) is 6.93. The third kappa shape index (κ3) is 4.53. The van der Waals surface area contributed by atoms with Gasteiger partial charge in [0.2, 0.25) is 16.0 Å². The summed E-state index contributed by atoms with van der Waals surface area (Å²) in [6.45, 7) is 0. The van der Waals surface area contributed by atoms with Gasteiger partial charge in [-0.25, -0.2) is 22.0 Å². The summed E-state index contributed by atoms with van der Waals surface area (Å²) >= 11 is 6.50. The zero-order valence-corrected chi connectivity index (χ0v) is 20.3. The number of H-pyrrole nitrogens is 1. The number of aromatic nitrogens is 1. The van der Waals surface area contributed by atoms with E-state index < -0.39 is 27.8 Å². The van der Waals surface area contributed by atoms with Gasteiger partial charge >= 0.3 is 5.97 Å². The van der Waals surface area contributed by atoms with E-state index in [-0.39, 0.29) is 26.9 Å². The summed E-state index contributed by atoms with van der Waals surface area (Å²) in [5, 5.41) is 9.24. The van der Waals surface area contributed by atoms with Crippen LogP contribution in [-0.2, 0) is 14.6 Å². The molecule has 170 valence electrons.